The molecule has 0 bridgehead atoms. The zero-order chi connectivity index (χ0) is 21.6. The molecule has 1 aliphatic carbocycles. The second-order valence-electron chi connectivity index (χ2n) is 8.04. The second kappa shape index (κ2) is 9.95. The van der Waals surface area contributed by atoms with E-state index in [4.69, 9.17) is 9.57 Å². The standard InChI is InChI=1S/C21H32N8O2/c1-4-29(5-2)8-9-30-20-12-18(23-19-11-17(26-27-19)15-6-7-15)24-21(25-20)22-13-16-10-14(3)28-31-16/h11-12,15-16H,4-10,13H2,1-3H3,(H3,22,23,24,25,26,27). The van der Waals surface area contributed by atoms with Gasteiger partial charge < -0.3 is 25.1 Å². The highest BCUT2D eigenvalue weighted by Crippen LogP contribution is 2.39. The lowest BCUT2D eigenvalue weighted by Gasteiger charge is -2.18. The zero-order valence-corrected chi connectivity index (χ0v) is 18.5. The largest absolute Gasteiger partial charge is 0.476 e. The van der Waals surface area contributed by atoms with E-state index < -0.39 is 0 Å². The molecule has 0 aromatic carbocycles. The Bertz CT molecular complexity index is 891. The maximum atomic E-state index is 5.95. The van der Waals surface area contributed by atoms with Crippen LogP contribution in [0, 0.1) is 0 Å². The van der Waals surface area contributed by atoms with Gasteiger partial charge >= 0.3 is 0 Å². The van der Waals surface area contributed by atoms with Crippen LogP contribution in [0.25, 0.3) is 0 Å². The van der Waals surface area contributed by atoms with Gasteiger partial charge in [0.1, 0.15) is 18.5 Å². The molecule has 168 valence electrons. The lowest BCUT2D eigenvalue weighted by molar-refractivity contribution is 0.0948. The second-order valence-corrected chi connectivity index (χ2v) is 8.04. The van der Waals surface area contributed by atoms with Gasteiger partial charge in [0.05, 0.1) is 12.3 Å². The van der Waals surface area contributed by atoms with Crippen LogP contribution in [0.1, 0.15) is 51.6 Å². The van der Waals surface area contributed by atoms with Gasteiger partial charge in [-0.3, -0.25) is 5.10 Å². The third-order valence-electron chi connectivity index (χ3n) is 5.49. The first kappa shape index (κ1) is 21.4. The van der Waals surface area contributed by atoms with E-state index in [1.165, 1.54) is 18.5 Å². The molecular formula is C21H32N8O2. The Labute approximate surface area is 182 Å². The number of nitrogens with zero attached hydrogens (tertiary/aromatic N) is 5. The average molecular weight is 429 g/mol. The quantitative estimate of drug-likeness (QED) is 0.473. The van der Waals surface area contributed by atoms with Gasteiger partial charge in [0.2, 0.25) is 11.8 Å². The van der Waals surface area contributed by atoms with E-state index >= 15 is 0 Å². The summed E-state index contributed by atoms with van der Waals surface area (Å²) in [7, 11) is 0. The third-order valence-corrected chi connectivity index (χ3v) is 5.49. The van der Waals surface area contributed by atoms with Crippen LogP contribution in [0.5, 0.6) is 5.88 Å². The number of oxime groups is 1. The van der Waals surface area contributed by atoms with Crippen LogP contribution in [0.15, 0.2) is 17.3 Å². The van der Waals surface area contributed by atoms with Crippen molar-refractivity contribution in [1.29, 1.82) is 0 Å². The molecule has 2 aliphatic rings. The fourth-order valence-corrected chi connectivity index (χ4v) is 3.48. The monoisotopic (exact) mass is 428 g/mol. The van der Waals surface area contributed by atoms with Crippen molar-refractivity contribution in [3.8, 4) is 5.88 Å². The highest BCUT2D eigenvalue weighted by Gasteiger charge is 2.25. The molecule has 2 aromatic rings. The summed E-state index contributed by atoms with van der Waals surface area (Å²) in [5.41, 5.74) is 2.16. The smallest absolute Gasteiger partial charge is 0.228 e. The van der Waals surface area contributed by atoms with Crippen LogP contribution in [0.3, 0.4) is 0 Å². The van der Waals surface area contributed by atoms with Crippen molar-refractivity contribution in [2.45, 2.75) is 52.1 Å². The van der Waals surface area contributed by atoms with Crippen molar-refractivity contribution in [3.05, 3.63) is 17.8 Å². The fourth-order valence-electron chi connectivity index (χ4n) is 3.48. The van der Waals surface area contributed by atoms with E-state index in [0.717, 1.165) is 37.6 Å². The van der Waals surface area contributed by atoms with E-state index in [0.29, 0.717) is 36.7 Å². The van der Waals surface area contributed by atoms with E-state index in [1.54, 1.807) is 6.07 Å². The first-order valence-corrected chi connectivity index (χ1v) is 11.1. The van der Waals surface area contributed by atoms with Crippen LogP contribution in [0.2, 0.25) is 0 Å². The van der Waals surface area contributed by atoms with Crippen LogP contribution >= 0.6 is 0 Å². The number of anilines is 3. The van der Waals surface area contributed by atoms with Crippen LogP contribution in [-0.2, 0) is 4.84 Å². The Kier molecular flexibility index (Phi) is 6.86. The van der Waals surface area contributed by atoms with Gasteiger partial charge in [0, 0.05) is 36.7 Å². The zero-order valence-electron chi connectivity index (χ0n) is 18.5. The molecule has 0 saturated heterocycles. The van der Waals surface area contributed by atoms with Gasteiger partial charge in [-0.2, -0.15) is 15.1 Å². The van der Waals surface area contributed by atoms with Gasteiger partial charge in [-0.15, -0.1) is 0 Å². The van der Waals surface area contributed by atoms with Crippen molar-refractivity contribution in [2.24, 2.45) is 5.16 Å². The Morgan fingerprint density at radius 2 is 2.03 bits per heavy atom. The average Bonchev–Trinajstić information content (AvgIpc) is 3.38. The van der Waals surface area contributed by atoms with Crippen LogP contribution in [0.4, 0.5) is 17.6 Å². The maximum Gasteiger partial charge on any atom is 0.228 e. The molecule has 10 heteroatoms. The molecule has 0 amide bonds. The Morgan fingerprint density at radius 3 is 2.74 bits per heavy atom. The molecule has 1 fully saturated rings. The molecule has 1 unspecified atom stereocenters. The maximum absolute atomic E-state index is 5.95. The van der Waals surface area contributed by atoms with Gasteiger partial charge in [-0.25, -0.2) is 0 Å². The first-order chi connectivity index (χ1) is 15.1. The van der Waals surface area contributed by atoms with E-state index in [-0.39, 0.29) is 6.10 Å². The molecule has 4 rings (SSSR count). The lowest BCUT2D eigenvalue weighted by atomic mass is 10.2. The molecule has 3 heterocycles. The van der Waals surface area contributed by atoms with Gasteiger partial charge in [0.15, 0.2) is 5.82 Å². The number of likely N-dealkylation sites (N-methyl/N-ethyl adjacent to an activating group) is 1. The van der Waals surface area contributed by atoms with Crippen molar-refractivity contribution in [2.75, 3.05) is 43.4 Å². The summed E-state index contributed by atoms with van der Waals surface area (Å²) in [6, 6.07) is 3.85. The minimum atomic E-state index is -0.0142. The summed E-state index contributed by atoms with van der Waals surface area (Å²) in [6.07, 6.45) is 3.23. The van der Waals surface area contributed by atoms with Gasteiger partial charge in [-0.1, -0.05) is 19.0 Å². The number of H-pyrrole nitrogens is 1. The van der Waals surface area contributed by atoms with Crippen molar-refractivity contribution < 1.29 is 9.57 Å². The Hall–Kier alpha value is -2.88. The number of hydrogen-bond acceptors (Lipinski definition) is 9. The number of aromatic amines is 1. The summed E-state index contributed by atoms with van der Waals surface area (Å²) in [6.45, 7) is 10.2. The predicted octanol–water partition coefficient (Wildman–Crippen LogP) is 3.12. The van der Waals surface area contributed by atoms with Crippen LogP contribution < -0.4 is 15.4 Å². The summed E-state index contributed by atoms with van der Waals surface area (Å²) < 4.78 is 5.95. The normalized spacial score (nSPS) is 18.1. The third kappa shape index (κ3) is 6.06. The van der Waals surface area contributed by atoms with E-state index in [9.17, 15) is 0 Å². The molecule has 2 aromatic heterocycles. The van der Waals surface area contributed by atoms with Gasteiger partial charge in [0.25, 0.3) is 0 Å². The molecule has 0 radical (unpaired) electrons. The van der Waals surface area contributed by atoms with Crippen molar-refractivity contribution in [1.82, 2.24) is 25.1 Å². The minimum Gasteiger partial charge on any atom is -0.476 e. The van der Waals surface area contributed by atoms with Gasteiger partial charge in [-0.05, 0) is 32.9 Å². The molecule has 31 heavy (non-hydrogen) atoms. The topological polar surface area (TPSA) is 113 Å². The number of rotatable bonds is 12. The SMILES string of the molecule is CCN(CC)CCOc1cc(Nc2cc(C3CC3)[nH]n2)nc(NCC2CC(C)=NO2)n1. The lowest BCUT2D eigenvalue weighted by Crippen LogP contribution is -2.28. The minimum absolute atomic E-state index is 0.0142. The summed E-state index contributed by atoms with van der Waals surface area (Å²) >= 11 is 0. The van der Waals surface area contributed by atoms with Crippen molar-refractivity contribution >= 4 is 23.3 Å². The molecule has 0 spiro atoms. The molecule has 1 aliphatic heterocycles. The fraction of sp³-hybridized carbons (Fsp3) is 0.619. The highest BCUT2D eigenvalue weighted by molar-refractivity contribution is 5.82. The highest BCUT2D eigenvalue weighted by atomic mass is 16.6. The molecule has 1 atom stereocenters. The number of nitrogens with one attached hydrogen (secondary N) is 3. The summed E-state index contributed by atoms with van der Waals surface area (Å²) in [4.78, 5) is 16.8. The Balaban J connectivity index is 1.42. The molecule has 10 nitrogen and oxygen atoms in total. The number of ether oxygens (including phenoxy) is 1. The summed E-state index contributed by atoms with van der Waals surface area (Å²) in [5, 5.41) is 18.0. The summed E-state index contributed by atoms with van der Waals surface area (Å²) in [5.74, 6) is 2.98. The Morgan fingerprint density at radius 1 is 1.19 bits per heavy atom. The number of hydrogen-bond donors (Lipinski definition) is 3. The van der Waals surface area contributed by atoms with Crippen molar-refractivity contribution in [3.63, 3.8) is 0 Å². The molecule has 3 N–H and O–H groups in total. The molecular weight excluding hydrogens is 396 g/mol. The number of aromatic nitrogens is 4. The predicted molar refractivity (Wildman–Crippen MR) is 120 cm³/mol. The van der Waals surface area contributed by atoms with E-state index in [1.807, 2.05) is 13.0 Å². The van der Waals surface area contributed by atoms with Crippen LogP contribution in [-0.4, -0.2) is 69.7 Å². The molecule has 1 saturated carbocycles. The first-order valence-electron chi connectivity index (χ1n) is 11.1. The van der Waals surface area contributed by atoms with E-state index in [2.05, 4.69) is 54.7 Å².